The summed E-state index contributed by atoms with van der Waals surface area (Å²) < 4.78 is 10.1. The first kappa shape index (κ1) is 25.1. The average Bonchev–Trinajstić information content (AvgIpc) is 2.64. The molecule has 0 aliphatic rings. The van der Waals surface area contributed by atoms with Gasteiger partial charge in [0.05, 0.1) is 19.8 Å². The van der Waals surface area contributed by atoms with Gasteiger partial charge in [0.15, 0.2) is 0 Å². The molecule has 4 nitrogen and oxygen atoms in total. The van der Waals surface area contributed by atoms with Crippen molar-refractivity contribution in [1.82, 2.24) is 0 Å². The molecule has 0 amide bonds. The number of unbranched alkanes of at least 4 members (excludes halogenated alkanes) is 11. The molecule has 26 heavy (non-hydrogen) atoms. The van der Waals surface area contributed by atoms with E-state index in [1.165, 1.54) is 70.6 Å². The Morgan fingerprint density at radius 2 is 1.35 bits per heavy atom. The fourth-order valence-corrected chi connectivity index (χ4v) is 2.79. The molecule has 0 heterocycles. The molecule has 0 saturated heterocycles. The highest BCUT2D eigenvalue weighted by molar-refractivity contribution is 5.69. The molecule has 0 bridgehead atoms. The standard InChI is InChI=1S/C22H42O4/c1-2-3-4-5-6-7-8-9-10-11-12-13-14-15-16-17-22(24)26-21-20-25-19-18-23/h9-10,23H,2-8,11-21H2,1H3. The number of carbonyl (C=O) groups excluding carboxylic acids is 1. The van der Waals surface area contributed by atoms with Crippen molar-refractivity contribution < 1.29 is 19.4 Å². The van der Waals surface area contributed by atoms with Crippen LogP contribution < -0.4 is 0 Å². The number of allylic oxidation sites excluding steroid dienone is 2. The predicted molar refractivity (Wildman–Crippen MR) is 108 cm³/mol. The summed E-state index contributed by atoms with van der Waals surface area (Å²) >= 11 is 0. The SMILES string of the molecule is CCCCCCCCC=CCCCCCCCC(=O)OCCOCCO. The van der Waals surface area contributed by atoms with Crippen molar-refractivity contribution >= 4 is 5.97 Å². The molecule has 0 aliphatic heterocycles. The van der Waals surface area contributed by atoms with Gasteiger partial charge in [0, 0.05) is 6.42 Å². The normalized spacial score (nSPS) is 11.3. The number of aliphatic hydroxyl groups excluding tert-OH is 1. The van der Waals surface area contributed by atoms with Crippen LogP contribution in [-0.4, -0.2) is 37.5 Å². The van der Waals surface area contributed by atoms with Crippen molar-refractivity contribution in [3.05, 3.63) is 12.2 Å². The molecule has 1 N–H and O–H groups in total. The van der Waals surface area contributed by atoms with Crippen LogP contribution in [-0.2, 0) is 14.3 Å². The van der Waals surface area contributed by atoms with Crippen LogP contribution in [0.25, 0.3) is 0 Å². The minimum atomic E-state index is -0.143. The monoisotopic (exact) mass is 370 g/mol. The molecular formula is C22H42O4. The van der Waals surface area contributed by atoms with Gasteiger partial charge >= 0.3 is 5.97 Å². The Labute approximate surface area is 161 Å². The predicted octanol–water partition coefficient (Wildman–Crippen LogP) is 5.58. The van der Waals surface area contributed by atoms with Gasteiger partial charge in [0.2, 0.25) is 0 Å². The van der Waals surface area contributed by atoms with Gasteiger partial charge in [0.25, 0.3) is 0 Å². The van der Waals surface area contributed by atoms with E-state index >= 15 is 0 Å². The van der Waals surface area contributed by atoms with Crippen molar-refractivity contribution in [3.63, 3.8) is 0 Å². The largest absolute Gasteiger partial charge is 0.463 e. The van der Waals surface area contributed by atoms with E-state index in [0.717, 1.165) is 12.8 Å². The highest BCUT2D eigenvalue weighted by Crippen LogP contribution is 2.10. The van der Waals surface area contributed by atoms with Crippen molar-refractivity contribution in [1.29, 1.82) is 0 Å². The lowest BCUT2D eigenvalue weighted by atomic mass is 10.1. The average molecular weight is 371 g/mol. The van der Waals surface area contributed by atoms with Crippen LogP contribution in [0.3, 0.4) is 0 Å². The number of hydrogen-bond acceptors (Lipinski definition) is 4. The smallest absolute Gasteiger partial charge is 0.305 e. The molecule has 0 saturated carbocycles. The number of carbonyl (C=O) groups is 1. The van der Waals surface area contributed by atoms with E-state index in [2.05, 4.69) is 19.1 Å². The van der Waals surface area contributed by atoms with Crippen molar-refractivity contribution in [3.8, 4) is 0 Å². The first-order chi connectivity index (χ1) is 12.8. The Balaban J connectivity index is 3.18. The minimum absolute atomic E-state index is 0.00284. The Bertz CT molecular complexity index is 315. The molecule has 0 aromatic rings. The van der Waals surface area contributed by atoms with E-state index in [9.17, 15) is 4.79 Å². The molecule has 0 aromatic carbocycles. The second-order valence-corrected chi connectivity index (χ2v) is 6.89. The molecule has 0 fully saturated rings. The van der Waals surface area contributed by atoms with Crippen LogP contribution >= 0.6 is 0 Å². The topological polar surface area (TPSA) is 55.8 Å². The lowest BCUT2D eigenvalue weighted by molar-refractivity contribution is -0.145. The molecule has 0 unspecified atom stereocenters. The van der Waals surface area contributed by atoms with Crippen LogP contribution in [0, 0.1) is 0 Å². The van der Waals surface area contributed by atoms with E-state index in [1.54, 1.807) is 0 Å². The molecule has 0 atom stereocenters. The first-order valence-corrected chi connectivity index (χ1v) is 10.8. The van der Waals surface area contributed by atoms with Crippen molar-refractivity contribution in [2.24, 2.45) is 0 Å². The lowest BCUT2D eigenvalue weighted by Gasteiger charge is -2.05. The second-order valence-electron chi connectivity index (χ2n) is 6.89. The number of ether oxygens (including phenoxy) is 2. The third kappa shape index (κ3) is 21.2. The molecule has 0 rings (SSSR count). The van der Waals surface area contributed by atoms with Crippen LogP contribution in [0.1, 0.15) is 96.8 Å². The number of esters is 1. The van der Waals surface area contributed by atoms with Gasteiger partial charge in [-0.25, -0.2) is 0 Å². The second kappa shape index (κ2) is 22.2. The summed E-state index contributed by atoms with van der Waals surface area (Å²) in [7, 11) is 0. The van der Waals surface area contributed by atoms with Crippen LogP contribution in [0.2, 0.25) is 0 Å². The Morgan fingerprint density at radius 3 is 1.96 bits per heavy atom. The number of aliphatic hydroxyl groups is 1. The molecule has 0 radical (unpaired) electrons. The zero-order chi connectivity index (χ0) is 19.1. The van der Waals surface area contributed by atoms with Gasteiger partial charge in [-0.1, -0.05) is 70.4 Å². The summed E-state index contributed by atoms with van der Waals surface area (Å²) in [4.78, 5) is 11.5. The molecule has 0 aliphatic carbocycles. The summed E-state index contributed by atoms with van der Waals surface area (Å²) in [5.41, 5.74) is 0. The third-order valence-electron chi connectivity index (χ3n) is 4.37. The summed E-state index contributed by atoms with van der Waals surface area (Å²) in [5.74, 6) is -0.143. The summed E-state index contributed by atoms with van der Waals surface area (Å²) in [6.07, 6.45) is 21.5. The zero-order valence-corrected chi connectivity index (χ0v) is 17.1. The van der Waals surface area contributed by atoms with Gasteiger partial charge in [-0.05, 0) is 32.1 Å². The maximum Gasteiger partial charge on any atom is 0.305 e. The van der Waals surface area contributed by atoms with E-state index in [-0.39, 0.29) is 19.2 Å². The van der Waals surface area contributed by atoms with Gasteiger partial charge < -0.3 is 14.6 Å². The lowest BCUT2D eigenvalue weighted by Crippen LogP contribution is -2.11. The fraction of sp³-hybridized carbons (Fsp3) is 0.864. The Kier molecular flexibility index (Phi) is 21.4. The maximum atomic E-state index is 11.5. The van der Waals surface area contributed by atoms with Crippen LogP contribution in [0.4, 0.5) is 0 Å². The fourth-order valence-electron chi connectivity index (χ4n) is 2.79. The zero-order valence-electron chi connectivity index (χ0n) is 17.1. The van der Waals surface area contributed by atoms with Gasteiger partial charge in [0.1, 0.15) is 6.61 Å². The van der Waals surface area contributed by atoms with Crippen molar-refractivity contribution in [2.75, 3.05) is 26.4 Å². The molecule has 154 valence electrons. The highest BCUT2D eigenvalue weighted by atomic mass is 16.6. The summed E-state index contributed by atoms with van der Waals surface area (Å²) in [6, 6.07) is 0. The van der Waals surface area contributed by atoms with Gasteiger partial charge in [-0.3, -0.25) is 4.79 Å². The minimum Gasteiger partial charge on any atom is -0.463 e. The highest BCUT2D eigenvalue weighted by Gasteiger charge is 2.02. The first-order valence-electron chi connectivity index (χ1n) is 10.8. The van der Waals surface area contributed by atoms with Crippen LogP contribution in [0.5, 0.6) is 0 Å². The quantitative estimate of drug-likeness (QED) is 0.173. The van der Waals surface area contributed by atoms with E-state index in [0.29, 0.717) is 19.6 Å². The third-order valence-corrected chi connectivity index (χ3v) is 4.37. The number of rotatable bonds is 20. The summed E-state index contributed by atoms with van der Waals surface area (Å²) in [6.45, 7) is 3.20. The van der Waals surface area contributed by atoms with Gasteiger partial charge in [-0.2, -0.15) is 0 Å². The maximum absolute atomic E-state index is 11.5. The van der Waals surface area contributed by atoms with Crippen LogP contribution in [0.15, 0.2) is 12.2 Å². The van der Waals surface area contributed by atoms with E-state index < -0.39 is 0 Å². The molecule has 0 spiro atoms. The molecule has 0 aromatic heterocycles. The summed E-state index contributed by atoms with van der Waals surface area (Å²) in [5, 5.41) is 8.54. The molecular weight excluding hydrogens is 328 g/mol. The van der Waals surface area contributed by atoms with E-state index in [1.807, 2.05) is 0 Å². The molecule has 4 heteroatoms. The van der Waals surface area contributed by atoms with E-state index in [4.69, 9.17) is 14.6 Å². The number of hydrogen-bond donors (Lipinski definition) is 1. The van der Waals surface area contributed by atoms with Gasteiger partial charge in [-0.15, -0.1) is 0 Å². The Morgan fingerprint density at radius 1 is 0.769 bits per heavy atom. The Hall–Kier alpha value is -0.870. The van der Waals surface area contributed by atoms with Crippen molar-refractivity contribution in [2.45, 2.75) is 96.8 Å².